The van der Waals surface area contributed by atoms with Crippen molar-refractivity contribution in [3.8, 4) is 0 Å². The highest BCUT2D eigenvalue weighted by Gasteiger charge is 2.34. The number of hydrogen-bond donors (Lipinski definition) is 1. The molecule has 1 aromatic heterocycles. The first kappa shape index (κ1) is 20.6. The molecule has 1 amide bonds. The van der Waals surface area contributed by atoms with Gasteiger partial charge >= 0.3 is 0 Å². The molecule has 27 heavy (non-hydrogen) atoms. The van der Waals surface area contributed by atoms with Gasteiger partial charge in [0.1, 0.15) is 0 Å². The van der Waals surface area contributed by atoms with E-state index in [1.165, 1.54) is 45.1 Å². The van der Waals surface area contributed by atoms with Crippen LogP contribution in [0, 0.1) is 0 Å². The highest BCUT2D eigenvalue weighted by Crippen LogP contribution is 2.32. The maximum atomic E-state index is 12.9. The summed E-state index contributed by atoms with van der Waals surface area (Å²) in [6.07, 6.45) is 11.8. The zero-order chi connectivity index (χ0) is 18.9. The third-order valence-corrected chi connectivity index (χ3v) is 6.85. The Balaban J connectivity index is 1.34. The van der Waals surface area contributed by atoms with Crippen LogP contribution in [-0.4, -0.2) is 65.2 Å². The van der Waals surface area contributed by atoms with E-state index in [2.05, 4.69) is 33.1 Å². The molecular formula is C21H34N4OS. The minimum atomic E-state index is -0.0645. The smallest absolute Gasteiger partial charge is 0.240 e. The monoisotopic (exact) mass is 390 g/mol. The fourth-order valence-electron chi connectivity index (χ4n) is 3.87. The zero-order valence-corrected chi connectivity index (χ0v) is 17.4. The summed E-state index contributed by atoms with van der Waals surface area (Å²) in [5, 5.41) is 3.67. The number of nitrogens with one attached hydrogen (secondary N) is 1. The second-order valence-corrected chi connectivity index (χ2v) is 8.79. The maximum absolute atomic E-state index is 12.9. The zero-order valence-electron chi connectivity index (χ0n) is 16.6. The van der Waals surface area contributed by atoms with E-state index in [0.29, 0.717) is 0 Å². The molecule has 150 valence electrons. The van der Waals surface area contributed by atoms with Crippen LogP contribution in [0.15, 0.2) is 24.5 Å². The number of aromatic nitrogens is 1. The Labute approximate surface area is 168 Å². The van der Waals surface area contributed by atoms with Gasteiger partial charge in [-0.05, 0) is 24.6 Å². The van der Waals surface area contributed by atoms with Gasteiger partial charge < -0.3 is 4.90 Å². The summed E-state index contributed by atoms with van der Waals surface area (Å²) >= 11 is 1.81. The van der Waals surface area contributed by atoms with Crippen LogP contribution in [0.4, 0.5) is 0 Å². The molecular weight excluding hydrogens is 356 g/mol. The Morgan fingerprint density at radius 3 is 2.70 bits per heavy atom. The number of carbonyl (C=O) groups excluding carboxylic acids is 1. The number of piperazine rings is 1. The predicted octanol–water partition coefficient (Wildman–Crippen LogP) is 3.29. The molecule has 2 fully saturated rings. The largest absolute Gasteiger partial charge is 0.339 e. The van der Waals surface area contributed by atoms with Crippen LogP contribution < -0.4 is 5.32 Å². The number of rotatable bonds is 9. The van der Waals surface area contributed by atoms with Gasteiger partial charge in [0, 0.05) is 44.3 Å². The van der Waals surface area contributed by atoms with Crippen molar-refractivity contribution < 1.29 is 4.79 Å². The molecule has 0 radical (unpaired) electrons. The third-order valence-electron chi connectivity index (χ3n) is 5.58. The first-order valence-electron chi connectivity index (χ1n) is 10.6. The van der Waals surface area contributed by atoms with Crippen molar-refractivity contribution in [3.05, 3.63) is 30.1 Å². The molecule has 1 aromatic rings. The van der Waals surface area contributed by atoms with E-state index in [1.54, 1.807) is 18.0 Å². The summed E-state index contributed by atoms with van der Waals surface area (Å²) in [6.45, 7) is 7.23. The third kappa shape index (κ3) is 6.19. The van der Waals surface area contributed by atoms with Crippen molar-refractivity contribution in [2.45, 2.75) is 56.9 Å². The molecule has 0 aromatic carbocycles. The van der Waals surface area contributed by atoms with E-state index < -0.39 is 0 Å². The fourth-order valence-corrected chi connectivity index (χ4v) is 5.08. The van der Waals surface area contributed by atoms with Crippen LogP contribution in [0.3, 0.4) is 0 Å². The number of pyridine rings is 1. The summed E-state index contributed by atoms with van der Waals surface area (Å²) < 4.78 is 0. The van der Waals surface area contributed by atoms with Gasteiger partial charge in [-0.25, -0.2) is 0 Å². The average molecular weight is 391 g/mol. The highest BCUT2D eigenvalue weighted by atomic mass is 32.2. The molecule has 0 saturated carbocycles. The molecule has 2 aliphatic heterocycles. The molecule has 2 aliphatic rings. The highest BCUT2D eigenvalue weighted by molar-refractivity contribution is 7.99. The van der Waals surface area contributed by atoms with Gasteiger partial charge in [0.05, 0.1) is 11.4 Å². The Morgan fingerprint density at radius 2 is 1.96 bits per heavy atom. The fraction of sp³-hybridized carbons (Fsp3) is 0.714. The van der Waals surface area contributed by atoms with E-state index in [0.717, 1.165) is 37.5 Å². The molecule has 6 heteroatoms. The summed E-state index contributed by atoms with van der Waals surface area (Å²) in [5.41, 5.74) is 1.15. The van der Waals surface area contributed by atoms with Crippen LogP contribution in [0.1, 0.15) is 56.4 Å². The van der Waals surface area contributed by atoms with Gasteiger partial charge in [0.15, 0.2) is 0 Å². The van der Waals surface area contributed by atoms with Gasteiger partial charge in [-0.15, -0.1) is 11.8 Å². The van der Waals surface area contributed by atoms with Gasteiger partial charge in [0.2, 0.25) is 5.91 Å². The number of nitrogens with zero attached hydrogens (tertiary/aromatic N) is 3. The van der Waals surface area contributed by atoms with E-state index in [9.17, 15) is 4.79 Å². The van der Waals surface area contributed by atoms with Crippen LogP contribution in [0.25, 0.3) is 0 Å². The molecule has 3 rings (SSSR count). The van der Waals surface area contributed by atoms with E-state index >= 15 is 0 Å². The molecule has 0 bridgehead atoms. The van der Waals surface area contributed by atoms with Crippen LogP contribution in [0.5, 0.6) is 0 Å². The molecule has 2 atom stereocenters. The summed E-state index contributed by atoms with van der Waals surface area (Å²) in [7, 11) is 0. The lowest BCUT2D eigenvalue weighted by atomic mass is 10.1. The lowest BCUT2D eigenvalue weighted by Gasteiger charge is -2.36. The van der Waals surface area contributed by atoms with Gasteiger partial charge in [-0.2, -0.15) is 0 Å². The van der Waals surface area contributed by atoms with Crippen molar-refractivity contribution in [1.82, 2.24) is 20.1 Å². The lowest BCUT2D eigenvalue weighted by Crippen LogP contribution is -2.53. The molecule has 5 nitrogen and oxygen atoms in total. The minimum Gasteiger partial charge on any atom is -0.339 e. The van der Waals surface area contributed by atoms with Gasteiger partial charge in [0.25, 0.3) is 0 Å². The second-order valence-electron chi connectivity index (χ2n) is 7.65. The van der Waals surface area contributed by atoms with Crippen molar-refractivity contribution in [2.75, 3.05) is 38.5 Å². The summed E-state index contributed by atoms with van der Waals surface area (Å²) in [5.74, 6) is 1.12. The topological polar surface area (TPSA) is 48.5 Å². The first-order valence-corrected chi connectivity index (χ1v) is 11.6. The van der Waals surface area contributed by atoms with E-state index in [1.807, 2.05) is 12.3 Å². The lowest BCUT2D eigenvalue weighted by molar-refractivity contribution is -0.134. The number of amides is 1. The predicted molar refractivity (Wildman–Crippen MR) is 113 cm³/mol. The van der Waals surface area contributed by atoms with E-state index in [-0.39, 0.29) is 17.3 Å². The summed E-state index contributed by atoms with van der Waals surface area (Å²) in [6, 6.07) is 3.96. The maximum Gasteiger partial charge on any atom is 0.240 e. The SMILES string of the molecule is CCCCCCCCN1CCN(C(=O)[C@@H]2CSC(c3cccnc3)N2)CC1. The van der Waals surface area contributed by atoms with Gasteiger partial charge in [-0.3, -0.25) is 20.0 Å². The Kier molecular flexibility index (Phi) is 8.42. The van der Waals surface area contributed by atoms with Crippen LogP contribution in [-0.2, 0) is 4.79 Å². The number of thioether (sulfide) groups is 1. The van der Waals surface area contributed by atoms with Gasteiger partial charge in [-0.1, -0.05) is 45.1 Å². The molecule has 3 heterocycles. The quantitative estimate of drug-likeness (QED) is 0.656. The minimum absolute atomic E-state index is 0.0645. The average Bonchev–Trinajstić information content (AvgIpc) is 3.21. The van der Waals surface area contributed by atoms with Crippen molar-refractivity contribution in [1.29, 1.82) is 0 Å². The second kappa shape index (κ2) is 11.0. The van der Waals surface area contributed by atoms with Crippen LogP contribution >= 0.6 is 11.8 Å². The number of carbonyl (C=O) groups is 1. The number of unbranched alkanes of at least 4 members (excludes halogenated alkanes) is 5. The van der Waals surface area contributed by atoms with Crippen molar-refractivity contribution in [3.63, 3.8) is 0 Å². The Bertz CT molecular complexity index is 563. The molecule has 1 unspecified atom stereocenters. The molecule has 0 aliphatic carbocycles. The van der Waals surface area contributed by atoms with Crippen molar-refractivity contribution in [2.24, 2.45) is 0 Å². The van der Waals surface area contributed by atoms with E-state index in [4.69, 9.17) is 0 Å². The Morgan fingerprint density at radius 1 is 1.19 bits per heavy atom. The molecule has 1 N–H and O–H groups in total. The normalized spacial score (nSPS) is 23.7. The molecule has 0 spiro atoms. The standard InChI is InChI=1S/C21H34N4OS/c1-2-3-4-5-6-7-11-24-12-14-25(15-13-24)21(26)19-17-27-20(23-19)18-9-8-10-22-16-18/h8-10,16,19-20,23H,2-7,11-15,17H2,1H3/t19-,20?/m0/s1. The number of hydrogen-bond acceptors (Lipinski definition) is 5. The van der Waals surface area contributed by atoms with Crippen LogP contribution in [0.2, 0.25) is 0 Å². The molecule has 2 saturated heterocycles. The Hall–Kier alpha value is -1.11. The summed E-state index contributed by atoms with van der Waals surface area (Å²) in [4.78, 5) is 21.6. The van der Waals surface area contributed by atoms with Crippen molar-refractivity contribution >= 4 is 17.7 Å². The first-order chi connectivity index (χ1) is 13.3.